The third kappa shape index (κ3) is 4.38. The van der Waals surface area contributed by atoms with Gasteiger partial charge < -0.3 is 25.2 Å². The number of hydrogen-bond donors (Lipinski definition) is 3. The number of amides is 2. The van der Waals surface area contributed by atoms with Crippen LogP contribution in [0.2, 0.25) is 0 Å². The summed E-state index contributed by atoms with van der Waals surface area (Å²) in [6.45, 7) is 4.22. The van der Waals surface area contributed by atoms with Crippen LogP contribution in [0.4, 0.5) is 0 Å². The van der Waals surface area contributed by atoms with Gasteiger partial charge in [-0.3, -0.25) is 9.59 Å². The maximum Gasteiger partial charge on any atom is 0.247 e. The summed E-state index contributed by atoms with van der Waals surface area (Å²) < 4.78 is 6.10. The fraction of sp³-hybridized carbons (Fsp3) is 0.500. The van der Waals surface area contributed by atoms with Crippen molar-refractivity contribution in [2.75, 3.05) is 19.7 Å². The molecule has 1 saturated carbocycles. The van der Waals surface area contributed by atoms with Gasteiger partial charge >= 0.3 is 0 Å². The van der Waals surface area contributed by atoms with Crippen molar-refractivity contribution < 1.29 is 24.5 Å². The lowest BCUT2D eigenvalue weighted by Crippen LogP contribution is -2.56. The molecule has 0 spiro atoms. The molecule has 7 nitrogen and oxygen atoms in total. The summed E-state index contributed by atoms with van der Waals surface area (Å²) in [5.41, 5.74) is 1.32. The van der Waals surface area contributed by atoms with Gasteiger partial charge in [-0.05, 0) is 37.3 Å². The van der Waals surface area contributed by atoms with E-state index in [2.05, 4.69) is 11.9 Å². The molecular weight excluding hydrogens is 396 g/mol. The van der Waals surface area contributed by atoms with Crippen molar-refractivity contribution in [3.63, 3.8) is 0 Å². The number of hydrogen-bond acceptors (Lipinski definition) is 5. The molecule has 4 rings (SSSR count). The molecule has 4 atom stereocenters. The first-order valence-corrected chi connectivity index (χ1v) is 11.0. The van der Waals surface area contributed by atoms with Crippen LogP contribution in [-0.4, -0.2) is 64.9 Å². The molecule has 2 aliphatic carbocycles. The third-order valence-corrected chi connectivity index (χ3v) is 6.27. The van der Waals surface area contributed by atoms with Gasteiger partial charge in [0.1, 0.15) is 18.0 Å². The molecule has 1 aromatic rings. The van der Waals surface area contributed by atoms with Gasteiger partial charge in [-0.2, -0.15) is 0 Å². The molecular formula is C24H30N2O5. The maximum atomic E-state index is 13.0. The molecule has 1 aliphatic heterocycles. The Bertz CT molecular complexity index is 878. The van der Waals surface area contributed by atoms with Gasteiger partial charge in [0.2, 0.25) is 11.8 Å². The van der Waals surface area contributed by atoms with E-state index < -0.39 is 24.2 Å². The Kier molecular flexibility index (Phi) is 6.43. The largest absolute Gasteiger partial charge is 0.486 e. The predicted octanol–water partition coefficient (Wildman–Crippen LogP) is 1.51. The van der Waals surface area contributed by atoms with E-state index in [0.717, 1.165) is 18.4 Å². The lowest BCUT2D eigenvalue weighted by molar-refractivity contribution is -0.137. The molecule has 4 unspecified atom stereocenters. The zero-order chi connectivity index (χ0) is 22.0. The van der Waals surface area contributed by atoms with Crippen LogP contribution < -0.4 is 10.1 Å². The second-order valence-electron chi connectivity index (χ2n) is 8.50. The Morgan fingerprint density at radius 1 is 1.29 bits per heavy atom. The number of nitrogens with one attached hydrogen (secondary N) is 1. The van der Waals surface area contributed by atoms with Crippen molar-refractivity contribution >= 4 is 11.8 Å². The van der Waals surface area contributed by atoms with Crippen LogP contribution in [0, 0.1) is 5.92 Å². The number of benzene rings is 1. The Labute approximate surface area is 182 Å². The minimum absolute atomic E-state index is 0.0591. The van der Waals surface area contributed by atoms with Crippen LogP contribution in [0.1, 0.15) is 37.2 Å². The monoisotopic (exact) mass is 426 g/mol. The first-order valence-electron chi connectivity index (χ1n) is 11.0. The zero-order valence-electron chi connectivity index (χ0n) is 17.6. The lowest BCUT2D eigenvalue weighted by atomic mass is 9.77. The zero-order valence-corrected chi connectivity index (χ0v) is 17.6. The van der Waals surface area contributed by atoms with E-state index in [-0.39, 0.29) is 25.0 Å². The Hall–Kier alpha value is -2.64. The van der Waals surface area contributed by atoms with E-state index in [4.69, 9.17) is 9.84 Å². The molecule has 31 heavy (non-hydrogen) atoms. The van der Waals surface area contributed by atoms with Crippen LogP contribution in [0.15, 0.2) is 48.6 Å². The number of para-hydroxylation sites is 1. The molecule has 1 heterocycles. The highest BCUT2D eigenvalue weighted by atomic mass is 16.5. The van der Waals surface area contributed by atoms with Crippen molar-refractivity contribution in [1.29, 1.82) is 0 Å². The van der Waals surface area contributed by atoms with Crippen molar-refractivity contribution in [1.82, 2.24) is 10.2 Å². The van der Waals surface area contributed by atoms with Gasteiger partial charge in [0.15, 0.2) is 0 Å². The van der Waals surface area contributed by atoms with Crippen LogP contribution in [-0.2, 0) is 9.59 Å². The van der Waals surface area contributed by atoms with E-state index in [1.54, 1.807) is 17.1 Å². The number of ether oxygens (including phenoxy) is 1. The highest BCUT2D eigenvalue weighted by Crippen LogP contribution is 2.47. The number of aliphatic hydroxyl groups excluding tert-OH is 2. The molecule has 2 amide bonds. The number of allylic oxidation sites excluding steroid dienone is 1. The first-order chi connectivity index (χ1) is 15.0. The van der Waals surface area contributed by atoms with E-state index in [0.29, 0.717) is 36.6 Å². The molecule has 0 saturated heterocycles. The molecule has 1 aromatic carbocycles. The van der Waals surface area contributed by atoms with Gasteiger partial charge in [-0.25, -0.2) is 0 Å². The Balaban J connectivity index is 1.70. The Morgan fingerprint density at radius 2 is 2.06 bits per heavy atom. The normalized spacial score (nSPS) is 26.2. The van der Waals surface area contributed by atoms with Crippen LogP contribution in [0.5, 0.6) is 5.75 Å². The van der Waals surface area contributed by atoms with Gasteiger partial charge in [-0.1, -0.05) is 24.3 Å². The molecule has 1 fully saturated rings. The van der Waals surface area contributed by atoms with E-state index in [9.17, 15) is 14.7 Å². The summed E-state index contributed by atoms with van der Waals surface area (Å²) in [7, 11) is 0. The Morgan fingerprint density at radius 3 is 2.77 bits per heavy atom. The molecule has 7 heteroatoms. The molecule has 166 valence electrons. The number of rotatable bonds is 9. The molecule has 0 bridgehead atoms. The molecule has 3 N–H and O–H groups in total. The van der Waals surface area contributed by atoms with E-state index in [1.165, 1.54) is 0 Å². The van der Waals surface area contributed by atoms with E-state index in [1.807, 2.05) is 24.3 Å². The summed E-state index contributed by atoms with van der Waals surface area (Å²) >= 11 is 0. The standard InChI is InChI=1S/C24H30N2O5/c1-2-3-8-20(28)26(14-15-9-10-15)18-13-17(24(30)25-11-12-27)21-16-6-4-5-7-19(16)31-23(21)22(18)29/h2,4-7,13,15,18,21-23,27,29H,1,3,8-12,14H2,(H,25,30). The number of carbonyl (C=O) groups is 2. The molecule has 3 aliphatic rings. The number of fused-ring (bicyclic) bond motifs is 3. The summed E-state index contributed by atoms with van der Waals surface area (Å²) in [6.07, 6.45) is 4.83. The topological polar surface area (TPSA) is 99.1 Å². The molecule has 0 radical (unpaired) electrons. The second kappa shape index (κ2) is 9.24. The fourth-order valence-electron chi connectivity index (χ4n) is 4.53. The van der Waals surface area contributed by atoms with Gasteiger partial charge in [0.25, 0.3) is 0 Å². The number of carbonyl (C=O) groups excluding carboxylic acids is 2. The van der Waals surface area contributed by atoms with Crippen LogP contribution >= 0.6 is 0 Å². The fourth-order valence-corrected chi connectivity index (χ4v) is 4.53. The smallest absolute Gasteiger partial charge is 0.247 e. The quantitative estimate of drug-likeness (QED) is 0.520. The second-order valence-corrected chi connectivity index (χ2v) is 8.50. The van der Waals surface area contributed by atoms with Crippen LogP contribution in [0.25, 0.3) is 0 Å². The predicted molar refractivity (Wildman–Crippen MR) is 115 cm³/mol. The van der Waals surface area contributed by atoms with Gasteiger partial charge in [0, 0.05) is 30.6 Å². The van der Waals surface area contributed by atoms with E-state index >= 15 is 0 Å². The lowest BCUT2D eigenvalue weighted by Gasteiger charge is -2.41. The van der Waals surface area contributed by atoms with Crippen molar-refractivity contribution in [3.05, 3.63) is 54.1 Å². The maximum absolute atomic E-state index is 13.0. The average molecular weight is 427 g/mol. The summed E-state index contributed by atoms with van der Waals surface area (Å²) in [5, 5.41) is 23.2. The highest BCUT2D eigenvalue weighted by molar-refractivity contribution is 5.96. The summed E-state index contributed by atoms with van der Waals surface area (Å²) in [6, 6.07) is 6.81. The SMILES string of the molecule is C=CCCC(=O)N(CC1CC1)C1C=C(C(=O)NCCO)C2c3ccccc3OC2C1O. The van der Waals surface area contributed by atoms with Crippen molar-refractivity contribution in [2.24, 2.45) is 5.92 Å². The minimum atomic E-state index is -0.960. The van der Waals surface area contributed by atoms with Crippen molar-refractivity contribution in [3.8, 4) is 5.75 Å². The molecule has 0 aromatic heterocycles. The summed E-state index contributed by atoms with van der Waals surface area (Å²) in [5.74, 6) is 0.277. The van der Waals surface area contributed by atoms with Gasteiger partial charge in [-0.15, -0.1) is 6.58 Å². The first kappa shape index (κ1) is 21.6. The summed E-state index contributed by atoms with van der Waals surface area (Å²) in [4.78, 5) is 27.8. The van der Waals surface area contributed by atoms with Crippen molar-refractivity contribution in [2.45, 2.75) is 49.9 Å². The third-order valence-electron chi connectivity index (χ3n) is 6.27. The number of aliphatic hydroxyl groups is 2. The van der Waals surface area contributed by atoms with Crippen LogP contribution in [0.3, 0.4) is 0 Å². The minimum Gasteiger partial charge on any atom is -0.486 e. The average Bonchev–Trinajstić information content (AvgIpc) is 3.52. The van der Waals surface area contributed by atoms with Gasteiger partial charge in [0.05, 0.1) is 18.6 Å². The highest BCUT2D eigenvalue weighted by Gasteiger charge is 2.50. The number of nitrogens with zero attached hydrogens (tertiary/aromatic N) is 1.